The normalized spacial score (nSPS) is 12.1. The average Bonchev–Trinajstić information content (AvgIpc) is 3.01. The van der Waals surface area contributed by atoms with Crippen LogP contribution in [0.15, 0.2) is 34.7 Å². The van der Waals surface area contributed by atoms with Crippen molar-refractivity contribution in [3.63, 3.8) is 0 Å². The molecule has 0 aliphatic carbocycles. The number of aromatic nitrogens is 1. The van der Waals surface area contributed by atoms with Crippen molar-refractivity contribution in [2.24, 2.45) is 0 Å². The van der Waals surface area contributed by atoms with Crippen molar-refractivity contribution in [1.29, 1.82) is 5.26 Å². The molecule has 1 aromatic carbocycles. The molecule has 0 fully saturated rings. The molecule has 0 aliphatic heterocycles. The predicted octanol–water partition coefficient (Wildman–Crippen LogP) is 2.69. The average molecular weight is 378 g/mol. The number of rotatable bonds is 6. The van der Waals surface area contributed by atoms with Crippen LogP contribution in [0.1, 0.15) is 10.7 Å². The molecule has 25 heavy (non-hydrogen) atoms. The van der Waals surface area contributed by atoms with Gasteiger partial charge in [0.05, 0.1) is 17.7 Å². The SMILES string of the molecule is COc1ccc(S(=O)(=O)N(C)C)cc1N/C=C(\C#N)c1nc(C)cs1. The number of nitrogens with zero attached hydrogens (tertiary/aromatic N) is 3. The second-order valence-electron chi connectivity index (χ2n) is 5.26. The Morgan fingerprint density at radius 2 is 2.16 bits per heavy atom. The third-order valence-corrected chi connectivity index (χ3v) is 6.10. The maximum Gasteiger partial charge on any atom is 0.242 e. The van der Waals surface area contributed by atoms with Crippen LogP contribution in [0, 0.1) is 18.3 Å². The van der Waals surface area contributed by atoms with Gasteiger partial charge in [0.1, 0.15) is 22.4 Å². The van der Waals surface area contributed by atoms with Gasteiger partial charge in [-0.1, -0.05) is 0 Å². The molecule has 0 bridgehead atoms. The van der Waals surface area contributed by atoms with E-state index in [-0.39, 0.29) is 4.90 Å². The fourth-order valence-corrected chi connectivity index (χ4v) is 3.63. The second-order valence-corrected chi connectivity index (χ2v) is 8.27. The molecule has 0 amide bonds. The van der Waals surface area contributed by atoms with Crippen molar-refractivity contribution in [2.45, 2.75) is 11.8 Å². The van der Waals surface area contributed by atoms with E-state index in [1.54, 1.807) is 6.07 Å². The lowest BCUT2D eigenvalue weighted by molar-refractivity contribution is 0.416. The van der Waals surface area contributed by atoms with Crippen molar-refractivity contribution in [2.75, 3.05) is 26.5 Å². The maximum absolute atomic E-state index is 12.3. The lowest BCUT2D eigenvalue weighted by atomic mass is 10.2. The first-order chi connectivity index (χ1) is 11.8. The highest BCUT2D eigenvalue weighted by atomic mass is 32.2. The number of anilines is 1. The van der Waals surface area contributed by atoms with E-state index in [2.05, 4.69) is 16.4 Å². The molecule has 0 spiro atoms. The molecule has 0 saturated heterocycles. The van der Waals surface area contributed by atoms with E-state index in [4.69, 9.17) is 4.74 Å². The maximum atomic E-state index is 12.3. The van der Waals surface area contributed by atoms with Crippen molar-refractivity contribution in [3.8, 4) is 11.8 Å². The molecule has 0 aliphatic rings. The van der Waals surface area contributed by atoms with Gasteiger partial charge in [-0.25, -0.2) is 17.7 Å². The molecular weight excluding hydrogens is 360 g/mol. The Bertz CT molecular complexity index is 941. The Labute approximate surface area is 151 Å². The number of aryl methyl sites for hydroxylation is 1. The Morgan fingerprint density at radius 1 is 1.44 bits per heavy atom. The summed E-state index contributed by atoms with van der Waals surface area (Å²) in [5, 5.41) is 14.7. The quantitative estimate of drug-likeness (QED) is 0.777. The predicted molar refractivity (Wildman–Crippen MR) is 97.9 cm³/mol. The topological polar surface area (TPSA) is 95.3 Å². The zero-order chi connectivity index (χ0) is 18.6. The van der Waals surface area contributed by atoms with Crippen molar-refractivity contribution in [1.82, 2.24) is 9.29 Å². The summed E-state index contributed by atoms with van der Waals surface area (Å²) in [6, 6.07) is 6.58. The van der Waals surface area contributed by atoms with Gasteiger partial charge in [-0.3, -0.25) is 0 Å². The minimum Gasteiger partial charge on any atom is -0.495 e. The van der Waals surface area contributed by atoms with E-state index < -0.39 is 10.0 Å². The van der Waals surface area contributed by atoms with E-state index >= 15 is 0 Å². The number of methoxy groups -OCH3 is 1. The number of thiazole rings is 1. The highest BCUT2D eigenvalue weighted by molar-refractivity contribution is 7.89. The first-order valence-electron chi connectivity index (χ1n) is 7.19. The standard InChI is InChI=1S/C16H18N4O3S2/c1-11-10-24-16(19-11)12(8-17)9-18-14-7-13(5-6-15(14)23-4)25(21,22)20(2)3/h5-7,9-10,18H,1-4H3/b12-9+. The van der Waals surface area contributed by atoms with Gasteiger partial charge < -0.3 is 10.1 Å². The van der Waals surface area contributed by atoms with E-state index in [0.717, 1.165) is 10.00 Å². The molecule has 0 atom stereocenters. The summed E-state index contributed by atoms with van der Waals surface area (Å²) in [5.74, 6) is 0.460. The molecule has 1 N–H and O–H groups in total. The van der Waals surface area contributed by atoms with Crippen molar-refractivity contribution < 1.29 is 13.2 Å². The molecule has 0 saturated carbocycles. The number of ether oxygens (including phenoxy) is 1. The molecule has 1 aromatic heterocycles. The molecule has 0 unspecified atom stereocenters. The smallest absolute Gasteiger partial charge is 0.242 e. The van der Waals surface area contributed by atoms with Crippen LogP contribution in [-0.4, -0.2) is 38.9 Å². The van der Waals surface area contributed by atoms with E-state index in [1.165, 1.54) is 50.9 Å². The number of sulfonamides is 1. The fraction of sp³-hybridized carbons (Fsp3) is 0.250. The number of nitrogens with one attached hydrogen (secondary N) is 1. The van der Waals surface area contributed by atoms with Crippen LogP contribution in [-0.2, 0) is 10.0 Å². The van der Waals surface area contributed by atoms with Crippen LogP contribution < -0.4 is 10.1 Å². The third kappa shape index (κ3) is 4.17. The monoisotopic (exact) mass is 378 g/mol. The van der Waals surface area contributed by atoms with Crippen molar-refractivity contribution in [3.05, 3.63) is 40.5 Å². The Kier molecular flexibility index (Phi) is 5.79. The summed E-state index contributed by atoms with van der Waals surface area (Å²) in [7, 11) is 0.837. The molecule has 132 valence electrons. The van der Waals surface area contributed by atoms with Crippen molar-refractivity contribution >= 4 is 32.6 Å². The van der Waals surface area contributed by atoms with Gasteiger partial charge in [-0.05, 0) is 25.1 Å². The van der Waals surface area contributed by atoms with Gasteiger partial charge in [0.2, 0.25) is 10.0 Å². The van der Waals surface area contributed by atoms with Gasteiger partial charge in [-0.15, -0.1) is 11.3 Å². The highest BCUT2D eigenvalue weighted by Crippen LogP contribution is 2.29. The van der Waals surface area contributed by atoms with Gasteiger partial charge >= 0.3 is 0 Å². The fourth-order valence-electron chi connectivity index (χ4n) is 1.94. The zero-order valence-electron chi connectivity index (χ0n) is 14.3. The van der Waals surface area contributed by atoms with E-state index in [1.807, 2.05) is 12.3 Å². The summed E-state index contributed by atoms with van der Waals surface area (Å²) in [4.78, 5) is 4.39. The lowest BCUT2D eigenvalue weighted by Gasteiger charge is -2.14. The lowest BCUT2D eigenvalue weighted by Crippen LogP contribution is -2.22. The summed E-state index contributed by atoms with van der Waals surface area (Å²) < 4.78 is 31.0. The molecule has 2 aromatic rings. The first kappa shape index (κ1) is 18.9. The van der Waals surface area contributed by atoms with Gasteiger partial charge in [-0.2, -0.15) is 5.26 Å². The molecule has 7 nitrogen and oxygen atoms in total. The zero-order valence-corrected chi connectivity index (χ0v) is 15.9. The summed E-state index contributed by atoms with van der Waals surface area (Å²) in [5.41, 5.74) is 1.62. The third-order valence-electron chi connectivity index (χ3n) is 3.29. The van der Waals surface area contributed by atoms with Crippen LogP contribution in [0.25, 0.3) is 5.57 Å². The number of nitriles is 1. The van der Waals surface area contributed by atoms with Crippen LogP contribution in [0.2, 0.25) is 0 Å². The van der Waals surface area contributed by atoms with E-state index in [0.29, 0.717) is 22.0 Å². The number of allylic oxidation sites excluding steroid dienone is 1. The van der Waals surface area contributed by atoms with Crippen LogP contribution in [0.3, 0.4) is 0 Å². The van der Waals surface area contributed by atoms with Crippen LogP contribution >= 0.6 is 11.3 Å². The van der Waals surface area contributed by atoms with Crippen LogP contribution in [0.4, 0.5) is 5.69 Å². The number of hydrogen-bond acceptors (Lipinski definition) is 7. The first-order valence-corrected chi connectivity index (χ1v) is 9.51. The highest BCUT2D eigenvalue weighted by Gasteiger charge is 2.19. The molecule has 0 radical (unpaired) electrons. The molecule has 1 heterocycles. The largest absolute Gasteiger partial charge is 0.495 e. The van der Waals surface area contributed by atoms with E-state index in [9.17, 15) is 13.7 Å². The Morgan fingerprint density at radius 3 is 2.68 bits per heavy atom. The van der Waals surface area contributed by atoms with Gasteiger partial charge in [0.25, 0.3) is 0 Å². The Hall–Kier alpha value is -2.41. The molecule has 2 rings (SSSR count). The Balaban J connectivity index is 2.41. The summed E-state index contributed by atoms with van der Waals surface area (Å²) in [6.07, 6.45) is 1.49. The van der Waals surface area contributed by atoms with Gasteiger partial charge in [0, 0.05) is 31.4 Å². The van der Waals surface area contributed by atoms with Gasteiger partial charge in [0.15, 0.2) is 0 Å². The summed E-state index contributed by atoms with van der Waals surface area (Å²) in [6.45, 7) is 1.85. The minimum absolute atomic E-state index is 0.123. The second kappa shape index (κ2) is 7.65. The molecule has 9 heteroatoms. The number of hydrogen-bond donors (Lipinski definition) is 1. The molecular formula is C16H18N4O3S2. The number of benzene rings is 1. The minimum atomic E-state index is -3.58. The van der Waals surface area contributed by atoms with Crippen LogP contribution in [0.5, 0.6) is 5.75 Å². The summed E-state index contributed by atoms with van der Waals surface area (Å²) >= 11 is 1.36.